The summed E-state index contributed by atoms with van der Waals surface area (Å²) in [4.78, 5) is 12.5. The van der Waals surface area contributed by atoms with Gasteiger partial charge in [0.1, 0.15) is 0 Å². The van der Waals surface area contributed by atoms with E-state index in [2.05, 4.69) is 60.7 Å². The van der Waals surface area contributed by atoms with Crippen molar-refractivity contribution in [3.05, 3.63) is 96.6 Å². The summed E-state index contributed by atoms with van der Waals surface area (Å²) < 4.78 is 5.05. The van der Waals surface area contributed by atoms with Gasteiger partial charge in [-0.15, -0.1) is 0 Å². The summed E-state index contributed by atoms with van der Waals surface area (Å²) in [5, 5.41) is 7.02. The van der Waals surface area contributed by atoms with E-state index in [1.165, 1.54) is 23.3 Å². The van der Waals surface area contributed by atoms with E-state index in [0.717, 1.165) is 27.3 Å². The van der Waals surface area contributed by atoms with Crippen molar-refractivity contribution in [1.82, 2.24) is 0 Å². The number of hydrogen-bond donors (Lipinski definition) is 0. The van der Waals surface area contributed by atoms with E-state index in [-0.39, 0.29) is 5.97 Å². The van der Waals surface area contributed by atoms with Crippen LogP contribution in [0.25, 0.3) is 43.4 Å². The molecular formula is C26H18O2. The minimum Gasteiger partial charge on any atom is -0.465 e. The second kappa shape index (κ2) is 6.50. The molecule has 0 unspecified atom stereocenters. The predicted molar refractivity (Wildman–Crippen MR) is 116 cm³/mol. The second-order valence-electron chi connectivity index (χ2n) is 6.89. The number of methoxy groups -OCH3 is 1. The molecule has 0 spiro atoms. The highest BCUT2D eigenvalue weighted by molar-refractivity contribution is 6.21. The van der Waals surface area contributed by atoms with Crippen LogP contribution < -0.4 is 0 Å². The van der Waals surface area contributed by atoms with Gasteiger partial charge in [-0.3, -0.25) is 0 Å². The standard InChI is InChI=1S/C26H18O2/c1-28-26(27)23-13-7-6-12-21(23)25-20-11-5-3-9-18(20)16-24-19-10-4-2-8-17(19)14-15-22(24)25/h2-16H,1H3. The van der Waals surface area contributed by atoms with E-state index in [9.17, 15) is 4.79 Å². The van der Waals surface area contributed by atoms with Crippen LogP contribution in [0.15, 0.2) is 91.0 Å². The maximum Gasteiger partial charge on any atom is 0.338 e. The Morgan fingerprint density at radius 3 is 2.14 bits per heavy atom. The van der Waals surface area contributed by atoms with Gasteiger partial charge in [0.2, 0.25) is 0 Å². The SMILES string of the molecule is COC(=O)c1ccccc1-c1c2ccccc2cc2c1ccc1ccccc12. The molecule has 0 aliphatic carbocycles. The van der Waals surface area contributed by atoms with Crippen LogP contribution in [0.2, 0.25) is 0 Å². The van der Waals surface area contributed by atoms with Crippen LogP contribution in [0, 0.1) is 0 Å². The van der Waals surface area contributed by atoms with Crippen molar-refractivity contribution in [3.63, 3.8) is 0 Å². The van der Waals surface area contributed by atoms with Gasteiger partial charge < -0.3 is 4.74 Å². The van der Waals surface area contributed by atoms with Gasteiger partial charge in [0, 0.05) is 0 Å². The Balaban J connectivity index is 2.00. The van der Waals surface area contributed by atoms with Crippen LogP contribution in [0.4, 0.5) is 0 Å². The summed E-state index contributed by atoms with van der Waals surface area (Å²) in [6.45, 7) is 0. The molecule has 0 heterocycles. The number of carbonyl (C=O) groups excluding carboxylic acids is 1. The highest BCUT2D eigenvalue weighted by atomic mass is 16.5. The van der Waals surface area contributed by atoms with Gasteiger partial charge in [0.05, 0.1) is 12.7 Å². The Bertz CT molecular complexity index is 1370. The lowest BCUT2D eigenvalue weighted by atomic mass is 9.88. The third-order valence-corrected chi connectivity index (χ3v) is 5.37. The molecule has 0 aliphatic rings. The van der Waals surface area contributed by atoms with E-state index < -0.39 is 0 Å². The van der Waals surface area contributed by atoms with Crippen LogP contribution in [0.3, 0.4) is 0 Å². The van der Waals surface area contributed by atoms with Crippen LogP contribution in [-0.4, -0.2) is 13.1 Å². The van der Waals surface area contributed by atoms with Gasteiger partial charge in [0.15, 0.2) is 0 Å². The van der Waals surface area contributed by atoms with E-state index in [0.29, 0.717) is 5.56 Å². The van der Waals surface area contributed by atoms with Crippen molar-refractivity contribution in [1.29, 1.82) is 0 Å². The number of hydrogen-bond acceptors (Lipinski definition) is 2. The summed E-state index contributed by atoms with van der Waals surface area (Å²) in [6.07, 6.45) is 0. The fraction of sp³-hybridized carbons (Fsp3) is 0.0385. The molecule has 0 N–H and O–H groups in total. The average Bonchev–Trinajstić information content (AvgIpc) is 2.77. The molecule has 5 aromatic carbocycles. The Morgan fingerprint density at radius 1 is 0.643 bits per heavy atom. The molecule has 28 heavy (non-hydrogen) atoms. The van der Waals surface area contributed by atoms with Gasteiger partial charge in [0.25, 0.3) is 0 Å². The van der Waals surface area contributed by atoms with Crippen molar-refractivity contribution >= 4 is 38.3 Å². The Morgan fingerprint density at radius 2 is 1.32 bits per heavy atom. The maximum absolute atomic E-state index is 12.5. The largest absolute Gasteiger partial charge is 0.465 e. The van der Waals surface area contributed by atoms with Crippen molar-refractivity contribution < 1.29 is 9.53 Å². The van der Waals surface area contributed by atoms with Crippen molar-refractivity contribution in [2.75, 3.05) is 7.11 Å². The molecule has 0 aliphatic heterocycles. The summed E-state index contributed by atoms with van der Waals surface area (Å²) in [5.74, 6) is -0.322. The molecule has 0 amide bonds. The average molecular weight is 362 g/mol. The third kappa shape index (κ3) is 2.46. The summed E-state index contributed by atoms with van der Waals surface area (Å²) >= 11 is 0. The Labute approximate surface area is 163 Å². The number of esters is 1. The first kappa shape index (κ1) is 16.5. The zero-order valence-corrected chi connectivity index (χ0v) is 15.5. The van der Waals surface area contributed by atoms with Crippen molar-refractivity contribution in [2.45, 2.75) is 0 Å². The minimum atomic E-state index is -0.322. The fourth-order valence-electron chi connectivity index (χ4n) is 4.10. The third-order valence-electron chi connectivity index (χ3n) is 5.37. The quantitative estimate of drug-likeness (QED) is 0.201. The summed E-state index contributed by atoms with van der Waals surface area (Å²) in [7, 11) is 1.42. The van der Waals surface area contributed by atoms with Crippen molar-refractivity contribution in [2.24, 2.45) is 0 Å². The molecule has 0 bridgehead atoms. The molecule has 0 aromatic heterocycles. The molecule has 0 atom stereocenters. The molecule has 0 saturated carbocycles. The molecular weight excluding hydrogens is 344 g/mol. The second-order valence-corrected chi connectivity index (χ2v) is 6.89. The lowest BCUT2D eigenvalue weighted by molar-refractivity contribution is 0.0601. The van der Waals surface area contributed by atoms with Gasteiger partial charge in [-0.05, 0) is 55.6 Å². The monoisotopic (exact) mass is 362 g/mol. The molecule has 5 aromatic rings. The zero-order valence-electron chi connectivity index (χ0n) is 15.5. The molecule has 5 rings (SSSR count). The first-order valence-corrected chi connectivity index (χ1v) is 9.29. The van der Waals surface area contributed by atoms with E-state index in [1.54, 1.807) is 0 Å². The van der Waals surface area contributed by atoms with Gasteiger partial charge in [-0.1, -0.05) is 78.9 Å². The highest BCUT2D eigenvalue weighted by Gasteiger charge is 2.18. The number of ether oxygens (including phenoxy) is 1. The topological polar surface area (TPSA) is 26.3 Å². The lowest BCUT2D eigenvalue weighted by Gasteiger charge is -2.16. The van der Waals surface area contributed by atoms with Crippen molar-refractivity contribution in [3.8, 4) is 11.1 Å². The van der Waals surface area contributed by atoms with Crippen LogP contribution in [-0.2, 0) is 4.74 Å². The first-order chi connectivity index (χ1) is 13.8. The van der Waals surface area contributed by atoms with Crippen LogP contribution in [0.1, 0.15) is 10.4 Å². The van der Waals surface area contributed by atoms with E-state index >= 15 is 0 Å². The molecule has 134 valence electrons. The van der Waals surface area contributed by atoms with Gasteiger partial charge >= 0.3 is 5.97 Å². The van der Waals surface area contributed by atoms with E-state index in [4.69, 9.17) is 4.74 Å². The van der Waals surface area contributed by atoms with Crippen LogP contribution >= 0.6 is 0 Å². The number of carbonyl (C=O) groups is 1. The maximum atomic E-state index is 12.5. The van der Waals surface area contributed by atoms with E-state index in [1.807, 2.05) is 30.3 Å². The molecule has 0 radical (unpaired) electrons. The molecule has 0 saturated heterocycles. The smallest absolute Gasteiger partial charge is 0.338 e. The number of rotatable bonds is 2. The normalized spacial score (nSPS) is 11.2. The zero-order chi connectivity index (χ0) is 19.1. The summed E-state index contributed by atoms with van der Waals surface area (Å²) in [6, 6.07) is 31.0. The first-order valence-electron chi connectivity index (χ1n) is 9.29. The Hall–Kier alpha value is -3.65. The summed E-state index contributed by atoms with van der Waals surface area (Å²) in [5.41, 5.74) is 2.54. The predicted octanol–water partition coefficient (Wildman–Crippen LogP) is 6.60. The van der Waals surface area contributed by atoms with Gasteiger partial charge in [-0.25, -0.2) is 4.79 Å². The number of fused-ring (bicyclic) bond motifs is 4. The molecule has 0 fully saturated rings. The minimum absolute atomic E-state index is 0.322. The lowest BCUT2D eigenvalue weighted by Crippen LogP contribution is -2.03. The molecule has 2 heteroatoms. The molecule has 2 nitrogen and oxygen atoms in total. The fourth-order valence-corrected chi connectivity index (χ4v) is 4.10. The van der Waals surface area contributed by atoms with Gasteiger partial charge in [-0.2, -0.15) is 0 Å². The highest BCUT2D eigenvalue weighted by Crippen LogP contribution is 2.40. The van der Waals surface area contributed by atoms with Crippen LogP contribution in [0.5, 0.6) is 0 Å². The Kier molecular flexibility index (Phi) is 3.84. The number of benzene rings is 5.